The molecule has 5 heteroatoms. The molecule has 0 saturated heterocycles. The van der Waals surface area contributed by atoms with Crippen molar-refractivity contribution in [3.8, 4) is 22.5 Å². The highest BCUT2D eigenvalue weighted by Gasteiger charge is 2.28. The number of aromatic nitrogens is 3. The van der Waals surface area contributed by atoms with Crippen LogP contribution in [0, 0.1) is 13.8 Å². The SMILES string of the molecule is CCc1ccc(-c2nc3n(C(=S)Nc4cccc(C)c4)c(-c4ccc(C)cc4)c4n3c2CCCC4)cc1. The maximum Gasteiger partial charge on any atom is 0.222 e. The fourth-order valence-electron chi connectivity index (χ4n) is 5.49. The van der Waals surface area contributed by atoms with Crippen molar-refractivity contribution in [3.63, 3.8) is 0 Å². The molecule has 5 aromatic rings. The van der Waals surface area contributed by atoms with Crippen molar-refractivity contribution in [1.82, 2.24) is 14.0 Å². The summed E-state index contributed by atoms with van der Waals surface area (Å²) in [5.74, 6) is 0.891. The van der Waals surface area contributed by atoms with Gasteiger partial charge in [-0.3, -0.25) is 8.97 Å². The first-order valence-electron chi connectivity index (χ1n) is 13.2. The predicted octanol–water partition coefficient (Wildman–Crippen LogP) is 7.77. The summed E-state index contributed by atoms with van der Waals surface area (Å²) in [6.45, 7) is 6.42. The molecule has 3 heterocycles. The Labute approximate surface area is 224 Å². The molecule has 6 rings (SSSR count). The van der Waals surface area contributed by atoms with Gasteiger partial charge in [-0.2, -0.15) is 0 Å². The molecule has 0 spiro atoms. The molecule has 0 radical (unpaired) electrons. The van der Waals surface area contributed by atoms with Crippen LogP contribution in [0.5, 0.6) is 0 Å². The Kier molecular flexibility index (Phi) is 6.17. The summed E-state index contributed by atoms with van der Waals surface area (Å²) >= 11 is 6.10. The first kappa shape index (κ1) is 23.7. The van der Waals surface area contributed by atoms with Crippen molar-refractivity contribution in [3.05, 3.63) is 101 Å². The Morgan fingerprint density at radius 1 is 0.865 bits per heavy atom. The van der Waals surface area contributed by atoms with Crippen molar-refractivity contribution in [2.24, 2.45) is 0 Å². The van der Waals surface area contributed by atoms with Gasteiger partial charge in [0.2, 0.25) is 5.78 Å². The van der Waals surface area contributed by atoms with E-state index in [4.69, 9.17) is 17.2 Å². The monoisotopic (exact) mass is 504 g/mol. The van der Waals surface area contributed by atoms with Gasteiger partial charge in [0, 0.05) is 16.8 Å². The van der Waals surface area contributed by atoms with E-state index in [1.165, 1.54) is 39.2 Å². The topological polar surface area (TPSA) is 34.3 Å². The Bertz CT molecular complexity index is 1600. The molecule has 1 aliphatic rings. The lowest BCUT2D eigenvalue weighted by Gasteiger charge is -2.14. The van der Waals surface area contributed by atoms with Gasteiger partial charge in [-0.1, -0.05) is 73.2 Å². The molecule has 0 atom stereocenters. The third kappa shape index (κ3) is 4.27. The first-order valence-corrected chi connectivity index (χ1v) is 13.6. The number of anilines is 1. The fourth-order valence-corrected chi connectivity index (χ4v) is 5.78. The Hall–Kier alpha value is -3.70. The molecule has 0 aliphatic carbocycles. The van der Waals surface area contributed by atoms with Gasteiger partial charge in [0.1, 0.15) is 0 Å². The number of benzene rings is 3. The van der Waals surface area contributed by atoms with Gasteiger partial charge in [-0.05, 0) is 81.4 Å². The van der Waals surface area contributed by atoms with E-state index in [0.29, 0.717) is 5.11 Å². The van der Waals surface area contributed by atoms with E-state index in [2.05, 4.69) is 108 Å². The maximum atomic E-state index is 6.10. The summed E-state index contributed by atoms with van der Waals surface area (Å²) in [6, 6.07) is 26.0. The van der Waals surface area contributed by atoms with E-state index in [0.717, 1.165) is 55.0 Å². The summed E-state index contributed by atoms with van der Waals surface area (Å²) in [6.07, 6.45) is 5.34. The Morgan fingerprint density at radius 2 is 1.57 bits per heavy atom. The number of nitrogens with one attached hydrogen (secondary N) is 1. The quantitative estimate of drug-likeness (QED) is 0.254. The number of nitrogens with zero attached hydrogens (tertiary/aromatic N) is 3. The molecule has 186 valence electrons. The number of hydrogen-bond acceptors (Lipinski definition) is 2. The van der Waals surface area contributed by atoms with Crippen LogP contribution in [0.1, 0.15) is 47.8 Å². The average Bonchev–Trinajstić information content (AvgIpc) is 3.32. The average molecular weight is 505 g/mol. The maximum absolute atomic E-state index is 6.10. The lowest BCUT2D eigenvalue weighted by Crippen LogP contribution is -2.20. The molecule has 1 N–H and O–H groups in total. The van der Waals surface area contributed by atoms with Crippen LogP contribution in [0.15, 0.2) is 72.8 Å². The van der Waals surface area contributed by atoms with Gasteiger partial charge in [0.25, 0.3) is 0 Å². The largest absolute Gasteiger partial charge is 0.332 e. The zero-order valence-corrected chi connectivity index (χ0v) is 22.5. The highest BCUT2D eigenvalue weighted by Crippen LogP contribution is 2.37. The molecular formula is C32H32N4S. The number of hydrogen-bond donors (Lipinski definition) is 1. The number of imidazole rings is 2. The zero-order chi connectivity index (χ0) is 25.5. The lowest BCUT2D eigenvalue weighted by molar-refractivity contribution is 0.752. The minimum atomic E-state index is 0.641. The first-order chi connectivity index (χ1) is 18.0. The van der Waals surface area contributed by atoms with E-state index in [-0.39, 0.29) is 0 Å². The van der Waals surface area contributed by atoms with Gasteiger partial charge in [0.15, 0.2) is 5.11 Å². The molecule has 0 bridgehead atoms. The summed E-state index contributed by atoms with van der Waals surface area (Å²) in [5.41, 5.74) is 11.9. The zero-order valence-electron chi connectivity index (χ0n) is 21.7. The van der Waals surface area contributed by atoms with Crippen LogP contribution in [0.25, 0.3) is 28.3 Å². The molecule has 4 nitrogen and oxygen atoms in total. The second-order valence-electron chi connectivity index (χ2n) is 10.1. The van der Waals surface area contributed by atoms with E-state index in [9.17, 15) is 0 Å². The summed E-state index contributed by atoms with van der Waals surface area (Å²) in [5, 5.41) is 4.15. The van der Waals surface area contributed by atoms with Crippen molar-refractivity contribution in [2.45, 2.75) is 52.9 Å². The van der Waals surface area contributed by atoms with Gasteiger partial charge in [-0.25, -0.2) is 4.98 Å². The Balaban J connectivity index is 1.59. The molecule has 0 unspecified atom stereocenters. The van der Waals surface area contributed by atoms with Crippen LogP contribution in [0.3, 0.4) is 0 Å². The van der Waals surface area contributed by atoms with E-state index in [1.54, 1.807) is 0 Å². The number of rotatable bonds is 4. The van der Waals surface area contributed by atoms with Crippen LogP contribution in [-0.2, 0) is 19.3 Å². The van der Waals surface area contributed by atoms with Gasteiger partial charge in [-0.15, -0.1) is 0 Å². The van der Waals surface area contributed by atoms with Gasteiger partial charge in [0.05, 0.1) is 22.8 Å². The normalized spacial score (nSPS) is 13.1. The Morgan fingerprint density at radius 3 is 2.27 bits per heavy atom. The standard InChI is InChI=1S/C32H32N4S/c1-4-23-14-18-24(19-15-23)29-27-10-5-6-11-28-30(25-16-12-21(2)13-17-25)36(31(34-29)35(27)28)32(37)33-26-9-7-8-22(3)20-26/h7-9,12-20H,4-6,10-11H2,1-3H3,(H,33,37). The summed E-state index contributed by atoms with van der Waals surface area (Å²) < 4.78 is 4.56. The highest BCUT2D eigenvalue weighted by atomic mass is 32.1. The lowest BCUT2D eigenvalue weighted by atomic mass is 10.0. The predicted molar refractivity (Wildman–Crippen MR) is 158 cm³/mol. The van der Waals surface area contributed by atoms with Crippen molar-refractivity contribution < 1.29 is 0 Å². The fraction of sp³-hybridized carbons (Fsp3) is 0.250. The van der Waals surface area contributed by atoms with Crippen molar-refractivity contribution in [2.75, 3.05) is 5.32 Å². The molecule has 37 heavy (non-hydrogen) atoms. The third-order valence-corrected chi connectivity index (χ3v) is 7.72. The third-order valence-electron chi connectivity index (χ3n) is 7.43. The van der Waals surface area contributed by atoms with Crippen LogP contribution < -0.4 is 5.32 Å². The minimum absolute atomic E-state index is 0.641. The number of thiocarbonyl (C=S) groups is 1. The molecule has 0 saturated carbocycles. The molecule has 1 aliphatic heterocycles. The summed E-state index contributed by atoms with van der Waals surface area (Å²) in [4.78, 5) is 5.29. The smallest absolute Gasteiger partial charge is 0.222 e. The molecule has 3 aromatic carbocycles. The van der Waals surface area contributed by atoms with Gasteiger partial charge >= 0.3 is 0 Å². The van der Waals surface area contributed by atoms with E-state index in [1.807, 2.05) is 0 Å². The molecular weight excluding hydrogens is 472 g/mol. The second kappa shape index (κ2) is 9.64. The molecule has 0 fully saturated rings. The highest BCUT2D eigenvalue weighted by molar-refractivity contribution is 7.80. The minimum Gasteiger partial charge on any atom is -0.332 e. The number of aryl methyl sites for hydroxylation is 5. The summed E-state index contributed by atoms with van der Waals surface area (Å²) in [7, 11) is 0. The van der Waals surface area contributed by atoms with E-state index < -0.39 is 0 Å². The molecule has 0 amide bonds. The second-order valence-corrected chi connectivity index (χ2v) is 10.5. The van der Waals surface area contributed by atoms with Gasteiger partial charge < -0.3 is 5.32 Å². The van der Waals surface area contributed by atoms with Crippen molar-refractivity contribution in [1.29, 1.82) is 0 Å². The van der Waals surface area contributed by atoms with Crippen molar-refractivity contribution >= 4 is 28.8 Å². The van der Waals surface area contributed by atoms with Crippen LogP contribution >= 0.6 is 12.2 Å². The van der Waals surface area contributed by atoms with Crippen LogP contribution in [0.2, 0.25) is 0 Å². The van der Waals surface area contributed by atoms with E-state index >= 15 is 0 Å². The molecule has 2 aromatic heterocycles. The van der Waals surface area contributed by atoms with Crippen LogP contribution in [-0.4, -0.2) is 19.1 Å². The van der Waals surface area contributed by atoms with Crippen LogP contribution in [0.4, 0.5) is 5.69 Å².